The fourth-order valence-electron chi connectivity index (χ4n) is 2.35. The Labute approximate surface area is 119 Å². The van der Waals surface area contributed by atoms with Crippen molar-refractivity contribution in [1.29, 1.82) is 0 Å². The van der Waals surface area contributed by atoms with Crippen molar-refractivity contribution in [3.63, 3.8) is 0 Å². The van der Waals surface area contributed by atoms with Crippen molar-refractivity contribution < 1.29 is 4.92 Å². The zero-order valence-corrected chi connectivity index (χ0v) is 12.0. The molecule has 1 N–H and O–H groups in total. The van der Waals surface area contributed by atoms with Crippen molar-refractivity contribution >= 4 is 27.7 Å². The second kappa shape index (κ2) is 5.40. The largest absolute Gasteiger partial charge is 0.324 e. The van der Waals surface area contributed by atoms with E-state index in [2.05, 4.69) is 11.4 Å². The van der Waals surface area contributed by atoms with Crippen molar-refractivity contribution in [3.05, 3.63) is 48.5 Å². The van der Waals surface area contributed by atoms with Gasteiger partial charge in [0.1, 0.15) is 0 Å². The maximum atomic E-state index is 10.6. The first-order chi connectivity index (χ1) is 9.22. The molecule has 3 rings (SSSR count). The van der Waals surface area contributed by atoms with Gasteiger partial charge >= 0.3 is 5.00 Å². The van der Waals surface area contributed by atoms with Crippen LogP contribution in [-0.2, 0) is 25.9 Å². The van der Waals surface area contributed by atoms with E-state index >= 15 is 0 Å². The van der Waals surface area contributed by atoms with Gasteiger partial charge in [-0.3, -0.25) is 10.1 Å². The first-order valence-electron chi connectivity index (χ1n) is 6.26. The fourth-order valence-corrected chi connectivity index (χ4v) is 4.37. The van der Waals surface area contributed by atoms with E-state index in [1.807, 2.05) is 17.4 Å². The van der Waals surface area contributed by atoms with Crippen LogP contribution in [0.15, 0.2) is 18.2 Å². The molecule has 0 spiro atoms. The number of fused-ring (bicyclic) bond motifs is 1. The lowest BCUT2D eigenvalue weighted by Crippen LogP contribution is -2.10. The molecule has 0 radical (unpaired) electrons. The Morgan fingerprint density at radius 1 is 1.21 bits per heavy atom. The summed E-state index contributed by atoms with van der Waals surface area (Å²) < 4.78 is 0. The Morgan fingerprint density at radius 3 is 2.79 bits per heavy atom. The van der Waals surface area contributed by atoms with E-state index in [4.69, 9.17) is 0 Å². The fraction of sp³-hybridized carbons (Fsp3) is 0.385. The minimum Gasteiger partial charge on any atom is -0.307 e. The summed E-state index contributed by atoms with van der Waals surface area (Å²) in [6.45, 7) is 1.55. The van der Waals surface area contributed by atoms with Crippen molar-refractivity contribution in [2.45, 2.75) is 32.4 Å². The second-order valence-corrected chi connectivity index (χ2v) is 6.98. The van der Waals surface area contributed by atoms with Gasteiger partial charge in [0.05, 0.1) is 4.92 Å². The average Bonchev–Trinajstić information content (AvgIpc) is 3.02. The number of rotatable bonds is 5. The molecule has 0 saturated carbocycles. The van der Waals surface area contributed by atoms with Crippen LogP contribution in [0.2, 0.25) is 0 Å². The van der Waals surface area contributed by atoms with Crippen molar-refractivity contribution in [1.82, 2.24) is 5.32 Å². The Kier molecular flexibility index (Phi) is 3.63. The number of hydrogen-bond donors (Lipinski definition) is 1. The second-order valence-electron chi connectivity index (χ2n) is 4.62. The third-order valence-electron chi connectivity index (χ3n) is 3.22. The molecule has 0 saturated heterocycles. The molecule has 0 atom stereocenters. The molecule has 6 heteroatoms. The molecule has 0 bridgehead atoms. The number of thiophene rings is 2. The van der Waals surface area contributed by atoms with Crippen molar-refractivity contribution in [2.24, 2.45) is 0 Å². The molecular weight excluding hydrogens is 280 g/mol. The smallest absolute Gasteiger partial charge is 0.307 e. The topological polar surface area (TPSA) is 55.2 Å². The summed E-state index contributed by atoms with van der Waals surface area (Å²) in [5.74, 6) is 0. The van der Waals surface area contributed by atoms with Crippen molar-refractivity contribution in [3.8, 4) is 0 Å². The van der Waals surface area contributed by atoms with Crippen LogP contribution < -0.4 is 5.32 Å². The van der Waals surface area contributed by atoms with Crippen LogP contribution >= 0.6 is 22.7 Å². The Balaban J connectivity index is 1.53. The van der Waals surface area contributed by atoms with E-state index in [-0.39, 0.29) is 9.92 Å². The standard InChI is InChI=1S/C13H14N2O2S2/c16-15(17)13-5-4-10(19-13)7-14-8-11-6-9-2-1-3-12(9)18-11/h4-6,14H,1-3,7-8H2. The van der Waals surface area contributed by atoms with Gasteiger partial charge < -0.3 is 5.32 Å². The highest BCUT2D eigenvalue weighted by atomic mass is 32.1. The van der Waals surface area contributed by atoms with Gasteiger partial charge in [0.15, 0.2) is 0 Å². The molecule has 0 aliphatic heterocycles. The predicted octanol–water partition coefficient (Wildman–Crippen LogP) is 3.50. The van der Waals surface area contributed by atoms with Gasteiger partial charge in [0, 0.05) is 33.8 Å². The van der Waals surface area contributed by atoms with Gasteiger partial charge in [-0.1, -0.05) is 11.3 Å². The molecule has 0 amide bonds. The third kappa shape index (κ3) is 2.86. The van der Waals surface area contributed by atoms with E-state index in [1.54, 1.807) is 10.9 Å². The van der Waals surface area contributed by atoms with Gasteiger partial charge in [-0.25, -0.2) is 0 Å². The molecule has 1 aliphatic rings. The van der Waals surface area contributed by atoms with E-state index in [0.717, 1.165) is 11.4 Å². The van der Waals surface area contributed by atoms with Crippen LogP contribution in [0.3, 0.4) is 0 Å². The summed E-state index contributed by atoms with van der Waals surface area (Å²) in [6.07, 6.45) is 3.76. The highest BCUT2D eigenvalue weighted by Crippen LogP contribution is 2.30. The lowest BCUT2D eigenvalue weighted by molar-refractivity contribution is -0.380. The first kappa shape index (κ1) is 12.8. The molecule has 1 aliphatic carbocycles. The lowest BCUT2D eigenvalue weighted by atomic mass is 10.2. The van der Waals surface area contributed by atoms with Gasteiger partial charge in [-0.2, -0.15) is 0 Å². The number of nitro groups is 1. The molecule has 2 aromatic heterocycles. The molecule has 2 aromatic rings. The van der Waals surface area contributed by atoms with E-state index in [9.17, 15) is 10.1 Å². The summed E-state index contributed by atoms with van der Waals surface area (Å²) in [5, 5.41) is 14.2. The summed E-state index contributed by atoms with van der Waals surface area (Å²) >= 11 is 3.14. The Morgan fingerprint density at radius 2 is 2.05 bits per heavy atom. The zero-order chi connectivity index (χ0) is 13.2. The quantitative estimate of drug-likeness (QED) is 0.678. The summed E-state index contributed by atoms with van der Waals surface area (Å²) in [6, 6.07) is 5.70. The number of aryl methyl sites for hydroxylation is 2. The summed E-state index contributed by atoms with van der Waals surface area (Å²) in [7, 11) is 0. The lowest BCUT2D eigenvalue weighted by Gasteiger charge is -2.00. The van der Waals surface area contributed by atoms with Crippen LogP contribution in [0.5, 0.6) is 0 Å². The molecule has 19 heavy (non-hydrogen) atoms. The summed E-state index contributed by atoms with van der Waals surface area (Å²) in [4.78, 5) is 14.2. The average molecular weight is 294 g/mol. The Bertz CT molecular complexity index is 582. The molecule has 0 unspecified atom stereocenters. The highest BCUT2D eigenvalue weighted by molar-refractivity contribution is 7.15. The number of nitrogens with zero attached hydrogens (tertiary/aromatic N) is 1. The van der Waals surface area contributed by atoms with Gasteiger partial charge in [-0.15, -0.1) is 11.3 Å². The molecule has 100 valence electrons. The monoisotopic (exact) mass is 294 g/mol. The van der Waals surface area contributed by atoms with E-state index in [0.29, 0.717) is 6.54 Å². The Hall–Kier alpha value is -1.24. The van der Waals surface area contributed by atoms with E-state index in [1.165, 1.54) is 41.0 Å². The maximum absolute atomic E-state index is 10.6. The summed E-state index contributed by atoms with van der Waals surface area (Å²) in [5.41, 5.74) is 1.52. The first-order valence-corrected chi connectivity index (χ1v) is 7.90. The van der Waals surface area contributed by atoms with Crippen LogP contribution in [0.4, 0.5) is 5.00 Å². The number of nitrogens with one attached hydrogen (secondary N) is 1. The van der Waals surface area contributed by atoms with Crippen molar-refractivity contribution in [2.75, 3.05) is 0 Å². The maximum Gasteiger partial charge on any atom is 0.324 e. The van der Waals surface area contributed by atoms with Gasteiger partial charge in [0.25, 0.3) is 0 Å². The third-order valence-corrected chi connectivity index (χ3v) is 5.50. The van der Waals surface area contributed by atoms with Crippen LogP contribution in [0, 0.1) is 10.1 Å². The van der Waals surface area contributed by atoms with Crippen LogP contribution in [0.25, 0.3) is 0 Å². The highest BCUT2D eigenvalue weighted by Gasteiger charge is 2.14. The predicted molar refractivity (Wildman–Crippen MR) is 77.9 cm³/mol. The molecule has 2 heterocycles. The molecule has 0 fully saturated rings. The zero-order valence-electron chi connectivity index (χ0n) is 10.3. The molecule has 0 aromatic carbocycles. The molecular formula is C13H14N2O2S2. The normalized spacial score (nSPS) is 13.7. The van der Waals surface area contributed by atoms with E-state index < -0.39 is 0 Å². The minimum atomic E-state index is -0.335. The van der Waals surface area contributed by atoms with Gasteiger partial charge in [-0.05, 0) is 37.0 Å². The number of hydrogen-bond acceptors (Lipinski definition) is 5. The SMILES string of the molecule is O=[N+]([O-])c1ccc(CNCc2cc3c(s2)CCC3)s1. The molecule has 4 nitrogen and oxygen atoms in total. The van der Waals surface area contributed by atoms with Crippen LogP contribution in [0.1, 0.15) is 26.6 Å². The minimum absolute atomic E-state index is 0.215. The van der Waals surface area contributed by atoms with Gasteiger partial charge in [0.2, 0.25) is 0 Å². The van der Waals surface area contributed by atoms with Crippen LogP contribution in [-0.4, -0.2) is 4.92 Å².